The first-order valence-corrected chi connectivity index (χ1v) is 6.55. The Morgan fingerprint density at radius 2 is 2.00 bits per heavy atom. The molecule has 22 heavy (non-hydrogen) atoms. The molecule has 0 spiro atoms. The summed E-state index contributed by atoms with van der Waals surface area (Å²) in [7, 11) is 0. The van der Waals surface area contributed by atoms with E-state index in [2.05, 4.69) is 15.7 Å². The number of rotatable bonds is 4. The molecule has 0 aromatic heterocycles. The fourth-order valence-electron chi connectivity index (χ4n) is 1.69. The Labute approximate surface area is 130 Å². The lowest BCUT2D eigenvalue weighted by molar-refractivity contribution is 0.0951. The van der Waals surface area contributed by atoms with E-state index in [1.54, 1.807) is 24.3 Å². The van der Waals surface area contributed by atoms with Crippen molar-refractivity contribution in [2.24, 2.45) is 10.3 Å². The molecule has 2 N–H and O–H groups in total. The van der Waals surface area contributed by atoms with Crippen molar-refractivity contribution in [3.05, 3.63) is 70.5 Å². The van der Waals surface area contributed by atoms with Crippen molar-refractivity contribution in [2.45, 2.75) is 0 Å². The number of hydrogen-bond acceptors (Lipinski definition) is 4. The minimum atomic E-state index is -0.719. The summed E-state index contributed by atoms with van der Waals surface area (Å²) in [6.07, 6.45) is 1.04. The number of carbonyl (C=O) groups is 1. The van der Waals surface area contributed by atoms with E-state index in [0.29, 0.717) is 10.6 Å². The number of hydrazone groups is 1. The number of oxime groups is 1. The highest BCUT2D eigenvalue weighted by Gasteiger charge is 2.10. The third-order valence-electron chi connectivity index (χ3n) is 2.70. The maximum absolute atomic E-state index is 13.5. The molecule has 0 saturated heterocycles. The maximum atomic E-state index is 13.5. The molecule has 0 radical (unpaired) electrons. The molecule has 0 fully saturated rings. The summed E-state index contributed by atoms with van der Waals surface area (Å²) in [5.41, 5.74) is 2.75. The van der Waals surface area contributed by atoms with E-state index in [9.17, 15) is 9.18 Å². The summed E-state index contributed by atoms with van der Waals surface area (Å²) in [6, 6.07) is 12.1. The van der Waals surface area contributed by atoms with Gasteiger partial charge in [-0.15, -0.1) is 0 Å². The second kappa shape index (κ2) is 7.33. The predicted molar refractivity (Wildman–Crippen MR) is 82.1 cm³/mol. The standard InChI is InChI=1S/C15H11ClFN3O2/c16-11-5-3-4-10(8-11)14(9-18-22)19-20-15(21)12-6-1-2-7-13(12)17/h1-9,22H,(H,20,21). The Hall–Kier alpha value is -2.73. The molecule has 0 heterocycles. The lowest BCUT2D eigenvalue weighted by Gasteiger charge is -2.04. The molecule has 0 saturated carbocycles. The van der Waals surface area contributed by atoms with Gasteiger partial charge in [0, 0.05) is 10.6 Å². The number of nitrogens with one attached hydrogen (secondary N) is 1. The predicted octanol–water partition coefficient (Wildman–Crippen LogP) is 3.07. The lowest BCUT2D eigenvalue weighted by atomic mass is 10.1. The lowest BCUT2D eigenvalue weighted by Crippen LogP contribution is -2.21. The largest absolute Gasteiger partial charge is 0.411 e. The molecular formula is C15H11ClFN3O2. The van der Waals surface area contributed by atoms with Crippen LogP contribution in [-0.4, -0.2) is 23.0 Å². The molecule has 0 aliphatic rings. The van der Waals surface area contributed by atoms with E-state index in [1.165, 1.54) is 24.3 Å². The topological polar surface area (TPSA) is 74.0 Å². The fraction of sp³-hybridized carbons (Fsp3) is 0. The van der Waals surface area contributed by atoms with E-state index < -0.39 is 11.7 Å². The first kappa shape index (κ1) is 15.7. The van der Waals surface area contributed by atoms with Crippen LogP contribution in [0.5, 0.6) is 0 Å². The highest BCUT2D eigenvalue weighted by Crippen LogP contribution is 2.11. The quantitative estimate of drug-likeness (QED) is 0.516. The molecule has 5 nitrogen and oxygen atoms in total. The van der Waals surface area contributed by atoms with Gasteiger partial charge < -0.3 is 5.21 Å². The van der Waals surface area contributed by atoms with Crippen molar-refractivity contribution in [1.82, 2.24) is 5.43 Å². The van der Waals surface area contributed by atoms with E-state index in [1.807, 2.05) is 0 Å². The van der Waals surface area contributed by atoms with Gasteiger partial charge in [-0.1, -0.05) is 41.0 Å². The average molecular weight is 320 g/mol. The second-order valence-electron chi connectivity index (χ2n) is 4.17. The van der Waals surface area contributed by atoms with Gasteiger partial charge >= 0.3 is 0 Å². The van der Waals surface area contributed by atoms with Crippen molar-refractivity contribution < 1.29 is 14.4 Å². The normalized spacial score (nSPS) is 11.6. The molecule has 112 valence electrons. The smallest absolute Gasteiger partial charge is 0.274 e. The summed E-state index contributed by atoms with van der Waals surface area (Å²) in [4.78, 5) is 11.9. The van der Waals surface area contributed by atoms with Crippen LogP contribution in [0.3, 0.4) is 0 Å². The Morgan fingerprint density at radius 1 is 1.23 bits per heavy atom. The van der Waals surface area contributed by atoms with Crippen LogP contribution in [0.1, 0.15) is 15.9 Å². The summed E-state index contributed by atoms with van der Waals surface area (Å²) >= 11 is 5.87. The van der Waals surface area contributed by atoms with Gasteiger partial charge in [0.25, 0.3) is 5.91 Å². The molecule has 0 atom stereocenters. The number of hydrogen-bond donors (Lipinski definition) is 2. The van der Waals surface area contributed by atoms with Crippen LogP contribution in [0, 0.1) is 5.82 Å². The molecule has 2 rings (SSSR count). The summed E-state index contributed by atoms with van der Waals surface area (Å²) in [5.74, 6) is -1.38. The van der Waals surface area contributed by atoms with Crippen molar-refractivity contribution in [2.75, 3.05) is 0 Å². The molecule has 0 unspecified atom stereocenters. The van der Waals surface area contributed by atoms with Crippen molar-refractivity contribution in [3.63, 3.8) is 0 Å². The van der Waals surface area contributed by atoms with E-state index >= 15 is 0 Å². The Kier molecular flexibility index (Phi) is 5.21. The second-order valence-corrected chi connectivity index (χ2v) is 4.61. The highest BCUT2D eigenvalue weighted by atomic mass is 35.5. The van der Waals surface area contributed by atoms with Gasteiger partial charge in [0.05, 0.1) is 11.8 Å². The minimum absolute atomic E-state index is 0.141. The zero-order valence-electron chi connectivity index (χ0n) is 11.2. The fourth-order valence-corrected chi connectivity index (χ4v) is 1.88. The minimum Gasteiger partial charge on any atom is -0.411 e. The van der Waals surface area contributed by atoms with E-state index in [0.717, 1.165) is 6.21 Å². The zero-order valence-corrected chi connectivity index (χ0v) is 12.0. The van der Waals surface area contributed by atoms with Crippen molar-refractivity contribution in [1.29, 1.82) is 0 Å². The first-order chi connectivity index (χ1) is 10.6. The monoisotopic (exact) mass is 319 g/mol. The average Bonchev–Trinajstić information content (AvgIpc) is 2.51. The molecule has 0 aliphatic heterocycles. The van der Waals surface area contributed by atoms with E-state index in [4.69, 9.17) is 16.8 Å². The first-order valence-electron chi connectivity index (χ1n) is 6.17. The van der Waals surface area contributed by atoms with Crippen molar-refractivity contribution in [3.8, 4) is 0 Å². The van der Waals surface area contributed by atoms with E-state index in [-0.39, 0.29) is 11.3 Å². The van der Waals surface area contributed by atoms with Crippen LogP contribution in [0.4, 0.5) is 4.39 Å². The zero-order chi connectivity index (χ0) is 15.9. The summed E-state index contributed by atoms with van der Waals surface area (Å²) < 4.78 is 13.5. The summed E-state index contributed by atoms with van der Waals surface area (Å²) in [6.45, 7) is 0. The van der Waals surface area contributed by atoms with Gasteiger partial charge in [0.15, 0.2) is 0 Å². The van der Waals surface area contributed by atoms with Crippen LogP contribution < -0.4 is 5.43 Å². The van der Waals surface area contributed by atoms with Crippen LogP contribution in [-0.2, 0) is 0 Å². The van der Waals surface area contributed by atoms with Gasteiger partial charge in [-0.3, -0.25) is 4.79 Å². The van der Waals surface area contributed by atoms with Crippen LogP contribution >= 0.6 is 11.6 Å². The number of amides is 1. The Bertz CT molecular complexity index is 747. The molecule has 0 bridgehead atoms. The Morgan fingerprint density at radius 3 is 2.68 bits per heavy atom. The summed E-state index contributed by atoms with van der Waals surface area (Å²) in [5, 5.41) is 15.8. The number of benzene rings is 2. The molecule has 7 heteroatoms. The van der Waals surface area contributed by atoms with Crippen LogP contribution in [0.25, 0.3) is 0 Å². The Balaban J connectivity index is 2.25. The molecular weight excluding hydrogens is 309 g/mol. The van der Waals surface area contributed by atoms with Gasteiger partial charge in [-0.05, 0) is 24.3 Å². The molecule has 2 aromatic rings. The third-order valence-corrected chi connectivity index (χ3v) is 2.93. The van der Waals surface area contributed by atoms with Crippen molar-refractivity contribution >= 4 is 29.4 Å². The molecule has 1 amide bonds. The van der Waals surface area contributed by atoms with Crippen LogP contribution in [0.15, 0.2) is 58.8 Å². The number of halogens is 2. The highest BCUT2D eigenvalue weighted by molar-refractivity contribution is 6.39. The SMILES string of the molecule is O=C(NN=C(C=NO)c1cccc(Cl)c1)c1ccccc1F. The molecule has 0 aliphatic carbocycles. The van der Waals surface area contributed by atoms with Gasteiger partial charge in [-0.25, -0.2) is 9.82 Å². The van der Waals surface area contributed by atoms with Gasteiger partial charge in [-0.2, -0.15) is 5.10 Å². The third kappa shape index (κ3) is 3.89. The number of nitrogens with zero attached hydrogens (tertiary/aromatic N) is 2. The maximum Gasteiger partial charge on any atom is 0.274 e. The van der Waals surface area contributed by atoms with Crippen LogP contribution in [0.2, 0.25) is 5.02 Å². The molecule has 2 aromatic carbocycles. The van der Waals surface area contributed by atoms with Gasteiger partial charge in [0.1, 0.15) is 11.5 Å². The van der Waals surface area contributed by atoms with Gasteiger partial charge in [0.2, 0.25) is 0 Å². The number of carbonyl (C=O) groups excluding carboxylic acids is 1.